The molecule has 0 bridgehead atoms. The lowest BCUT2D eigenvalue weighted by molar-refractivity contribution is -0.122. The van der Waals surface area contributed by atoms with Crippen molar-refractivity contribution in [3.05, 3.63) is 99.3 Å². The maximum Gasteiger partial charge on any atom is 0.242 e. The van der Waals surface area contributed by atoms with Crippen LogP contribution in [0.3, 0.4) is 0 Å². The summed E-state index contributed by atoms with van der Waals surface area (Å²) in [7, 11) is 0. The molecule has 214 valence electrons. The molecule has 1 unspecified atom stereocenters. The van der Waals surface area contributed by atoms with Crippen LogP contribution in [0.1, 0.15) is 49.7 Å². The molecule has 1 fully saturated rings. The lowest BCUT2D eigenvalue weighted by atomic mass is 9.84. The molecule has 1 saturated carbocycles. The maximum atomic E-state index is 13.6. The van der Waals surface area contributed by atoms with Crippen LogP contribution in [0.25, 0.3) is 5.82 Å². The van der Waals surface area contributed by atoms with Crippen molar-refractivity contribution in [1.29, 1.82) is 0 Å². The molecular weight excluding hydrogens is 579 g/mol. The molecule has 3 N–H and O–H groups in total. The van der Waals surface area contributed by atoms with Crippen LogP contribution in [-0.2, 0) is 17.9 Å². The summed E-state index contributed by atoms with van der Waals surface area (Å²) in [6.07, 6.45) is 10.5. The molecule has 0 aliphatic heterocycles. The Bertz CT molecular complexity index is 1440. The van der Waals surface area contributed by atoms with Gasteiger partial charge in [-0.1, -0.05) is 79.0 Å². The van der Waals surface area contributed by atoms with Crippen LogP contribution >= 0.6 is 34.8 Å². The Labute approximate surface area is 255 Å². The van der Waals surface area contributed by atoms with Crippen molar-refractivity contribution in [2.75, 3.05) is 10.6 Å². The molecule has 1 atom stereocenters. The molecule has 0 spiro atoms. The molecule has 4 aromatic rings. The predicted octanol–water partition coefficient (Wildman–Crippen LogP) is 7.91. The van der Waals surface area contributed by atoms with Crippen LogP contribution in [0.15, 0.2) is 73.1 Å². The van der Waals surface area contributed by atoms with E-state index in [9.17, 15) is 4.79 Å². The Morgan fingerprint density at radius 2 is 1.59 bits per heavy atom. The SMILES string of the molecule is O=C(NCc1cc(Cl)cc(Cl)c1)C(CC1CCCCC1)Nc1cc(-n2cccc2)nc(NCc2cccc(Cl)c2)n1. The number of hydrogen-bond acceptors (Lipinski definition) is 5. The minimum Gasteiger partial charge on any atom is -0.358 e. The third-order valence-corrected chi connectivity index (χ3v) is 7.91. The average Bonchev–Trinajstić information content (AvgIpc) is 3.50. The second-order valence-corrected chi connectivity index (χ2v) is 11.8. The van der Waals surface area contributed by atoms with Crippen LogP contribution in [0.5, 0.6) is 0 Å². The first-order valence-corrected chi connectivity index (χ1v) is 15.0. The number of nitrogens with one attached hydrogen (secondary N) is 3. The van der Waals surface area contributed by atoms with Crippen molar-refractivity contribution in [3.8, 4) is 5.82 Å². The van der Waals surface area contributed by atoms with Gasteiger partial charge < -0.3 is 20.5 Å². The summed E-state index contributed by atoms with van der Waals surface area (Å²) in [4.78, 5) is 23.0. The van der Waals surface area contributed by atoms with Crippen molar-refractivity contribution in [2.45, 2.75) is 57.7 Å². The third-order valence-electron chi connectivity index (χ3n) is 7.24. The highest BCUT2D eigenvalue weighted by molar-refractivity contribution is 6.34. The van der Waals surface area contributed by atoms with Gasteiger partial charge in [-0.25, -0.2) is 0 Å². The van der Waals surface area contributed by atoms with E-state index in [0.29, 0.717) is 51.7 Å². The molecule has 7 nitrogen and oxygen atoms in total. The summed E-state index contributed by atoms with van der Waals surface area (Å²) < 4.78 is 1.91. The Morgan fingerprint density at radius 3 is 2.32 bits per heavy atom. The van der Waals surface area contributed by atoms with E-state index in [1.54, 1.807) is 6.07 Å². The summed E-state index contributed by atoms with van der Waals surface area (Å²) in [6.45, 7) is 0.829. The summed E-state index contributed by atoms with van der Waals surface area (Å²) in [6, 6.07) is 18.2. The molecule has 2 aromatic heterocycles. The Kier molecular flexibility index (Phi) is 10.0. The normalized spacial score (nSPS) is 14.4. The first-order valence-electron chi connectivity index (χ1n) is 13.9. The zero-order valence-corrected chi connectivity index (χ0v) is 24.9. The summed E-state index contributed by atoms with van der Waals surface area (Å²) in [5.74, 6) is 2.08. The van der Waals surface area contributed by atoms with Gasteiger partial charge in [-0.05, 0) is 65.9 Å². The number of anilines is 2. The van der Waals surface area contributed by atoms with Gasteiger partial charge in [0.05, 0.1) is 0 Å². The molecule has 0 saturated heterocycles. The van der Waals surface area contributed by atoms with E-state index in [4.69, 9.17) is 44.8 Å². The number of nitrogens with zero attached hydrogens (tertiary/aromatic N) is 3. The Balaban J connectivity index is 1.37. The highest BCUT2D eigenvalue weighted by atomic mass is 35.5. The lowest BCUT2D eigenvalue weighted by Gasteiger charge is -2.27. The zero-order valence-electron chi connectivity index (χ0n) is 22.6. The van der Waals surface area contributed by atoms with Crippen LogP contribution in [-0.4, -0.2) is 26.5 Å². The van der Waals surface area contributed by atoms with Gasteiger partial charge in [0.25, 0.3) is 0 Å². The molecule has 41 heavy (non-hydrogen) atoms. The van der Waals surface area contributed by atoms with E-state index in [0.717, 1.165) is 30.4 Å². The molecule has 10 heteroatoms. The quantitative estimate of drug-likeness (QED) is 0.161. The first-order chi connectivity index (χ1) is 19.9. The number of rotatable bonds is 11. The minimum absolute atomic E-state index is 0.0961. The van der Waals surface area contributed by atoms with E-state index in [1.807, 2.05) is 71.6 Å². The number of benzene rings is 2. The topological polar surface area (TPSA) is 83.9 Å². The highest BCUT2D eigenvalue weighted by Crippen LogP contribution is 2.29. The molecule has 0 radical (unpaired) electrons. The minimum atomic E-state index is -0.471. The van der Waals surface area contributed by atoms with E-state index < -0.39 is 6.04 Å². The van der Waals surface area contributed by atoms with Gasteiger partial charge in [-0.2, -0.15) is 9.97 Å². The van der Waals surface area contributed by atoms with Gasteiger partial charge in [-0.3, -0.25) is 4.79 Å². The summed E-state index contributed by atoms with van der Waals surface area (Å²) in [5.41, 5.74) is 1.86. The largest absolute Gasteiger partial charge is 0.358 e. The van der Waals surface area contributed by atoms with Gasteiger partial charge in [0, 0.05) is 46.6 Å². The van der Waals surface area contributed by atoms with Crippen LogP contribution in [0, 0.1) is 5.92 Å². The predicted molar refractivity (Wildman–Crippen MR) is 167 cm³/mol. The smallest absolute Gasteiger partial charge is 0.242 e. The van der Waals surface area contributed by atoms with Gasteiger partial charge in [0.15, 0.2) is 0 Å². The summed E-state index contributed by atoms with van der Waals surface area (Å²) in [5, 5.41) is 11.6. The van der Waals surface area contributed by atoms with Crippen molar-refractivity contribution < 1.29 is 4.79 Å². The number of halogens is 3. The van der Waals surface area contributed by atoms with Gasteiger partial charge in [-0.15, -0.1) is 0 Å². The van der Waals surface area contributed by atoms with E-state index in [1.165, 1.54) is 19.3 Å². The number of carbonyl (C=O) groups is 1. The summed E-state index contributed by atoms with van der Waals surface area (Å²) >= 11 is 18.5. The van der Waals surface area contributed by atoms with Crippen LogP contribution in [0.4, 0.5) is 11.8 Å². The number of aromatic nitrogens is 3. The van der Waals surface area contributed by atoms with Crippen LogP contribution in [0.2, 0.25) is 15.1 Å². The monoisotopic (exact) mass is 610 g/mol. The second kappa shape index (κ2) is 14.1. The fourth-order valence-corrected chi connectivity index (χ4v) is 6.01. The number of carbonyl (C=O) groups excluding carboxylic acids is 1. The fraction of sp³-hybridized carbons (Fsp3) is 0.323. The van der Waals surface area contributed by atoms with E-state index in [-0.39, 0.29) is 5.91 Å². The standard InChI is InChI=1S/C31H33Cl3N6O/c32-24-10-6-9-22(13-24)19-36-31-38-28(18-29(39-31)40-11-4-5-12-40)37-27(16-21-7-2-1-3-8-21)30(41)35-20-23-14-25(33)17-26(34)15-23/h4-6,9-15,17-18,21,27H,1-3,7-8,16,19-20H2,(H,35,41)(H2,36,37,38,39). The van der Waals surface area contributed by atoms with Crippen LogP contribution < -0.4 is 16.0 Å². The van der Waals surface area contributed by atoms with Gasteiger partial charge in [0.1, 0.15) is 17.7 Å². The fourth-order valence-electron chi connectivity index (χ4n) is 5.23. The highest BCUT2D eigenvalue weighted by Gasteiger charge is 2.25. The molecule has 1 amide bonds. The van der Waals surface area contributed by atoms with E-state index in [2.05, 4.69) is 16.0 Å². The second-order valence-electron chi connectivity index (χ2n) is 10.4. The Morgan fingerprint density at radius 1 is 0.854 bits per heavy atom. The van der Waals surface area contributed by atoms with Gasteiger partial charge in [0.2, 0.25) is 11.9 Å². The first kappa shape index (κ1) is 29.2. The van der Waals surface area contributed by atoms with Crippen molar-refractivity contribution >= 4 is 52.5 Å². The van der Waals surface area contributed by atoms with Crippen molar-refractivity contribution in [2.24, 2.45) is 5.92 Å². The molecule has 2 heterocycles. The maximum absolute atomic E-state index is 13.6. The zero-order chi connectivity index (χ0) is 28.6. The Hall–Kier alpha value is -3.26. The molecule has 1 aliphatic carbocycles. The molecule has 2 aromatic carbocycles. The van der Waals surface area contributed by atoms with Gasteiger partial charge >= 0.3 is 0 Å². The van der Waals surface area contributed by atoms with Crippen molar-refractivity contribution in [3.63, 3.8) is 0 Å². The van der Waals surface area contributed by atoms with Crippen molar-refractivity contribution in [1.82, 2.24) is 19.9 Å². The molecular formula is C31H33Cl3N6O. The molecule has 1 aliphatic rings. The lowest BCUT2D eigenvalue weighted by Crippen LogP contribution is -2.41. The number of hydrogen-bond donors (Lipinski definition) is 3. The molecule has 5 rings (SSSR count). The van der Waals surface area contributed by atoms with E-state index >= 15 is 0 Å². The third kappa shape index (κ3) is 8.62. The number of amides is 1. The average molecular weight is 612 g/mol.